The molecule has 0 aliphatic carbocycles. The molecule has 0 saturated heterocycles. The van der Waals surface area contributed by atoms with Crippen LogP contribution in [0, 0.1) is 0 Å². The summed E-state index contributed by atoms with van der Waals surface area (Å²) in [6.45, 7) is 9.23. The second-order valence-corrected chi connectivity index (χ2v) is 3.70. The maximum atomic E-state index is 5.69. The SMILES string of the molecule is CCCOc1ccc(Cl)cc1.CCNCC. The van der Waals surface area contributed by atoms with Crippen LogP contribution >= 0.6 is 11.6 Å². The van der Waals surface area contributed by atoms with E-state index in [2.05, 4.69) is 26.1 Å². The van der Waals surface area contributed by atoms with Crippen molar-refractivity contribution in [1.29, 1.82) is 0 Å². The number of halogens is 1. The Morgan fingerprint density at radius 1 is 1.06 bits per heavy atom. The van der Waals surface area contributed by atoms with Crippen LogP contribution < -0.4 is 10.1 Å². The molecular weight excluding hydrogens is 222 g/mol. The van der Waals surface area contributed by atoms with Gasteiger partial charge < -0.3 is 10.1 Å². The first-order valence-corrected chi connectivity index (χ1v) is 6.21. The van der Waals surface area contributed by atoms with Crippen LogP contribution in [0.1, 0.15) is 27.2 Å². The molecule has 0 fully saturated rings. The summed E-state index contributed by atoms with van der Waals surface area (Å²) in [7, 11) is 0. The highest BCUT2D eigenvalue weighted by molar-refractivity contribution is 6.30. The van der Waals surface area contributed by atoms with E-state index in [4.69, 9.17) is 16.3 Å². The Bertz CT molecular complexity index is 247. The largest absolute Gasteiger partial charge is 0.494 e. The van der Waals surface area contributed by atoms with Crippen LogP contribution in [0.4, 0.5) is 0 Å². The fraction of sp³-hybridized carbons (Fsp3) is 0.538. The molecule has 2 nitrogen and oxygen atoms in total. The van der Waals surface area contributed by atoms with Crippen molar-refractivity contribution in [1.82, 2.24) is 5.32 Å². The molecule has 1 aromatic carbocycles. The lowest BCUT2D eigenvalue weighted by Gasteiger charge is -2.02. The van der Waals surface area contributed by atoms with Gasteiger partial charge in [-0.25, -0.2) is 0 Å². The third-order valence-corrected chi connectivity index (χ3v) is 2.04. The third-order valence-electron chi connectivity index (χ3n) is 1.79. The topological polar surface area (TPSA) is 21.3 Å². The minimum absolute atomic E-state index is 0.744. The maximum absolute atomic E-state index is 5.69. The molecule has 0 saturated carbocycles. The Hall–Kier alpha value is -0.730. The number of nitrogens with one attached hydrogen (secondary N) is 1. The highest BCUT2D eigenvalue weighted by Gasteiger charge is 1.90. The molecule has 3 heteroatoms. The van der Waals surface area contributed by atoms with Crippen LogP contribution in [-0.2, 0) is 0 Å². The number of benzene rings is 1. The predicted octanol–water partition coefficient (Wildman–Crippen LogP) is 3.74. The van der Waals surface area contributed by atoms with E-state index in [1.807, 2.05) is 24.3 Å². The molecule has 92 valence electrons. The summed E-state index contributed by atoms with van der Waals surface area (Å²) < 4.78 is 5.35. The Balaban J connectivity index is 0.000000385. The lowest BCUT2D eigenvalue weighted by molar-refractivity contribution is 0.317. The minimum Gasteiger partial charge on any atom is -0.494 e. The van der Waals surface area contributed by atoms with Gasteiger partial charge in [-0.05, 0) is 43.8 Å². The average molecular weight is 244 g/mol. The summed E-state index contributed by atoms with van der Waals surface area (Å²) in [5.74, 6) is 0.885. The van der Waals surface area contributed by atoms with E-state index in [1.165, 1.54) is 0 Å². The van der Waals surface area contributed by atoms with E-state index in [9.17, 15) is 0 Å². The van der Waals surface area contributed by atoms with Gasteiger partial charge in [-0.3, -0.25) is 0 Å². The molecule has 1 aromatic rings. The van der Waals surface area contributed by atoms with E-state index in [0.29, 0.717) is 0 Å². The molecule has 0 heterocycles. The molecule has 0 atom stereocenters. The van der Waals surface area contributed by atoms with Gasteiger partial charge in [0.1, 0.15) is 5.75 Å². The Morgan fingerprint density at radius 2 is 1.62 bits per heavy atom. The zero-order chi connectivity index (χ0) is 12.2. The average Bonchev–Trinajstić information content (AvgIpc) is 2.30. The van der Waals surface area contributed by atoms with Gasteiger partial charge in [-0.1, -0.05) is 32.4 Å². The standard InChI is InChI=1S/C9H11ClO.C4H11N/c1-2-7-11-9-5-3-8(10)4-6-9;1-3-5-4-2/h3-6H,2,7H2,1H3;5H,3-4H2,1-2H3. The summed E-state index contributed by atoms with van der Waals surface area (Å²) in [5, 5.41) is 3.86. The highest BCUT2D eigenvalue weighted by Crippen LogP contribution is 2.15. The Labute approximate surface area is 104 Å². The van der Waals surface area contributed by atoms with Gasteiger partial charge in [0.15, 0.2) is 0 Å². The first-order chi connectivity index (χ1) is 7.74. The fourth-order valence-corrected chi connectivity index (χ4v) is 1.13. The van der Waals surface area contributed by atoms with Crippen LogP contribution in [0.15, 0.2) is 24.3 Å². The van der Waals surface area contributed by atoms with E-state index in [-0.39, 0.29) is 0 Å². The lowest BCUT2D eigenvalue weighted by Crippen LogP contribution is -2.09. The number of rotatable bonds is 5. The third kappa shape index (κ3) is 8.57. The van der Waals surface area contributed by atoms with Crippen molar-refractivity contribution in [3.63, 3.8) is 0 Å². The van der Waals surface area contributed by atoms with E-state index in [0.717, 1.165) is 36.9 Å². The maximum Gasteiger partial charge on any atom is 0.119 e. The van der Waals surface area contributed by atoms with Gasteiger partial charge in [-0.2, -0.15) is 0 Å². The van der Waals surface area contributed by atoms with Gasteiger partial charge in [0.25, 0.3) is 0 Å². The summed E-state index contributed by atoms with van der Waals surface area (Å²) >= 11 is 5.69. The van der Waals surface area contributed by atoms with Crippen LogP contribution in [-0.4, -0.2) is 19.7 Å². The molecule has 1 N–H and O–H groups in total. The molecule has 0 amide bonds. The Morgan fingerprint density at radius 3 is 2.00 bits per heavy atom. The van der Waals surface area contributed by atoms with Crippen LogP contribution in [0.25, 0.3) is 0 Å². The summed E-state index contributed by atoms with van der Waals surface area (Å²) in [4.78, 5) is 0. The zero-order valence-electron chi connectivity index (χ0n) is 10.4. The molecule has 0 aliphatic rings. The molecule has 0 aliphatic heterocycles. The second-order valence-electron chi connectivity index (χ2n) is 3.26. The summed E-state index contributed by atoms with van der Waals surface area (Å²) in [5.41, 5.74) is 0. The van der Waals surface area contributed by atoms with E-state index < -0.39 is 0 Å². The summed E-state index contributed by atoms with van der Waals surface area (Å²) in [6, 6.07) is 7.40. The first-order valence-electron chi connectivity index (χ1n) is 5.83. The minimum atomic E-state index is 0.744. The van der Waals surface area contributed by atoms with Crippen molar-refractivity contribution >= 4 is 11.6 Å². The van der Waals surface area contributed by atoms with Crippen LogP contribution in [0.3, 0.4) is 0 Å². The van der Waals surface area contributed by atoms with Crippen molar-refractivity contribution in [3.05, 3.63) is 29.3 Å². The quantitative estimate of drug-likeness (QED) is 0.851. The van der Waals surface area contributed by atoms with Crippen molar-refractivity contribution in [3.8, 4) is 5.75 Å². The van der Waals surface area contributed by atoms with Crippen molar-refractivity contribution in [2.24, 2.45) is 0 Å². The molecule has 0 bridgehead atoms. The molecule has 0 unspecified atom stereocenters. The molecule has 1 rings (SSSR count). The Kier molecular flexibility index (Phi) is 10.3. The summed E-state index contributed by atoms with van der Waals surface area (Å²) in [6.07, 6.45) is 1.03. The zero-order valence-corrected chi connectivity index (χ0v) is 11.2. The van der Waals surface area contributed by atoms with E-state index in [1.54, 1.807) is 0 Å². The van der Waals surface area contributed by atoms with E-state index >= 15 is 0 Å². The number of hydrogen-bond donors (Lipinski definition) is 1. The van der Waals surface area contributed by atoms with Gasteiger partial charge in [-0.15, -0.1) is 0 Å². The molecule has 16 heavy (non-hydrogen) atoms. The number of ether oxygens (including phenoxy) is 1. The molecule has 0 aromatic heterocycles. The van der Waals surface area contributed by atoms with Crippen molar-refractivity contribution in [2.45, 2.75) is 27.2 Å². The van der Waals surface area contributed by atoms with Crippen molar-refractivity contribution in [2.75, 3.05) is 19.7 Å². The van der Waals surface area contributed by atoms with Gasteiger partial charge in [0.05, 0.1) is 6.61 Å². The normalized spacial score (nSPS) is 9.25. The van der Waals surface area contributed by atoms with Gasteiger partial charge in [0.2, 0.25) is 0 Å². The van der Waals surface area contributed by atoms with Crippen LogP contribution in [0.5, 0.6) is 5.75 Å². The molecule has 0 radical (unpaired) electrons. The smallest absolute Gasteiger partial charge is 0.119 e. The predicted molar refractivity (Wildman–Crippen MR) is 71.5 cm³/mol. The van der Waals surface area contributed by atoms with Gasteiger partial charge in [0, 0.05) is 5.02 Å². The van der Waals surface area contributed by atoms with Gasteiger partial charge >= 0.3 is 0 Å². The highest BCUT2D eigenvalue weighted by atomic mass is 35.5. The monoisotopic (exact) mass is 243 g/mol. The molecular formula is C13H22ClNO. The second kappa shape index (κ2) is 10.8. The van der Waals surface area contributed by atoms with Crippen molar-refractivity contribution < 1.29 is 4.74 Å². The van der Waals surface area contributed by atoms with Crippen LogP contribution in [0.2, 0.25) is 5.02 Å². The fourth-order valence-electron chi connectivity index (χ4n) is 1.00. The molecule has 0 spiro atoms. The first kappa shape index (κ1) is 15.3. The lowest BCUT2D eigenvalue weighted by atomic mass is 10.3. The number of hydrogen-bond acceptors (Lipinski definition) is 2.